The molecular weight excluding hydrogens is 170 g/mol. The molecule has 0 fully saturated rings. The fourth-order valence-corrected chi connectivity index (χ4v) is 1.07. The number of hydrogen-bond acceptors (Lipinski definition) is 4. The number of carbonyl (C=O) groups is 1. The van der Waals surface area contributed by atoms with Gasteiger partial charge in [0.25, 0.3) is 0 Å². The van der Waals surface area contributed by atoms with Crippen LogP contribution in [0.5, 0.6) is 5.75 Å². The van der Waals surface area contributed by atoms with E-state index in [1.165, 1.54) is 13.2 Å². The van der Waals surface area contributed by atoms with Crippen molar-refractivity contribution in [2.75, 3.05) is 19.5 Å². The minimum atomic E-state index is -0.553. The summed E-state index contributed by atoms with van der Waals surface area (Å²) < 4.78 is 4.52. The van der Waals surface area contributed by atoms with Crippen LogP contribution in [-0.4, -0.2) is 25.2 Å². The fraction of sp³-hybridized carbons (Fsp3) is 0.222. The van der Waals surface area contributed by atoms with Crippen molar-refractivity contribution in [1.82, 2.24) is 0 Å². The summed E-state index contributed by atoms with van der Waals surface area (Å²) in [6.45, 7) is 0. The average molecular weight is 181 g/mol. The van der Waals surface area contributed by atoms with Crippen molar-refractivity contribution in [1.29, 1.82) is 0 Å². The molecule has 4 nitrogen and oxygen atoms in total. The van der Waals surface area contributed by atoms with Crippen molar-refractivity contribution in [3.05, 3.63) is 23.8 Å². The monoisotopic (exact) mass is 181 g/mol. The molecule has 4 heteroatoms. The number of phenolic OH excluding ortho intramolecular Hbond substituents is 1. The number of aromatic hydroxyl groups is 1. The number of esters is 1. The first kappa shape index (κ1) is 9.38. The van der Waals surface area contributed by atoms with Crippen LogP contribution in [0.15, 0.2) is 18.2 Å². The number of phenols is 1. The summed E-state index contributed by atoms with van der Waals surface area (Å²) in [5.74, 6) is -0.638. The molecule has 1 aromatic rings. The Labute approximate surface area is 76.1 Å². The third-order valence-corrected chi connectivity index (χ3v) is 1.70. The lowest BCUT2D eigenvalue weighted by Gasteiger charge is -2.08. The normalized spacial score (nSPS) is 9.38. The lowest BCUT2D eigenvalue weighted by atomic mass is 10.1. The summed E-state index contributed by atoms with van der Waals surface area (Å²) in [5, 5.41) is 12.2. The van der Waals surface area contributed by atoms with Gasteiger partial charge in [-0.2, -0.15) is 0 Å². The van der Waals surface area contributed by atoms with Gasteiger partial charge in [0.2, 0.25) is 0 Å². The summed E-state index contributed by atoms with van der Waals surface area (Å²) in [6.07, 6.45) is 0. The van der Waals surface area contributed by atoms with E-state index in [2.05, 4.69) is 10.1 Å². The Morgan fingerprint density at radius 3 is 2.77 bits per heavy atom. The minimum Gasteiger partial charge on any atom is -0.507 e. The maximum Gasteiger partial charge on any atom is 0.343 e. The number of methoxy groups -OCH3 is 1. The zero-order valence-corrected chi connectivity index (χ0v) is 7.50. The first-order valence-corrected chi connectivity index (χ1v) is 3.78. The van der Waals surface area contributed by atoms with Gasteiger partial charge < -0.3 is 15.2 Å². The number of carbonyl (C=O) groups excluding carboxylic acids is 1. The first-order valence-electron chi connectivity index (χ1n) is 3.78. The highest BCUT2D eigenvalue weighted by atomic mass is 16.5. The zero-order chi connectivity index (χ0) is 9.84. The Bertz CT molecular complexity index is 323. The van der Waals surface area contributed by atoms with Crippen molar-refractivity contribution in [3.8, 4) is 5.75 Å². The number of benzene rings is 1. The lowest BCUT2D eigenvalue weighted by molar-refractivity contribution is 0.0598. The highest BCUT2D eigenvalue weighted by molar-refractivity contribution is 5.98. The number of nitrogens with one attached hydrogen (secondary N) is 1. The zero-order valence-electron chi connectivity index (χ0n) is 7.50. The summed E-state index contributed by atoms with van der Waals surface area (Å²) in [6, 6.07) is 4.77. The van der Waals surface area contributed by atoms with Gasteiger partial charge >= 0.3 is 5.97 Å². The van der Waals surface area contributed by atoms with Crippen LogP contribution in [0.4, 0.5) is 5.69 Å². The second-order valence-corrected chi connectivity index (χ2v) is 2.44. The SMILES string of the molecule is CNc1cccc(O)c1C(=O)OC. The molecule has 0 saturated heterocycles. The van der Waals surface area contributed by atoms with E-state index in [1.807, 2.05) is 0 Å². The van der Waals surface area contributed by atoms with Gasteiger partial charge in [0.05, 0.1) is 12.8 Å². The van der Waals surface area contributed by atoms with Crippen LogP contribution in [-0.2, 0) is 4.74 Å². The van der Waals surface area contributed by atoms with E-state index in [0.29, 0.717) is 5.69 Å². The highest BCUT2D eigenvalue weighted by Gasteiger charge is 2.15. The molecular formula is C9H11NO3. The van der Waals surface area contributed by atoms with E-state index in [0.717, 1.165) is 0 Å². The molecule has 0 spiro atoms. The molecule has 0 unspecified atom stereocenters. The first-order chi connectivity index (χ1) is 6.20. The molecule has 1 aromatic carbocycles. The van der Waals surface area contributed by atoms with Crippen LogP contribution < -0.4 is 5.32 Å². The van der Waals surface area contributed by atoms with E-state index in [-0.39, 0.29) is 11.3 Å². The topological polar surface area (TPSA) is 58.6 Å². The predicted molar refractivity (Wildman–Crippen MR) is 49.0 cm³/mol. The maximum atomic E-state index is 11.2. The smallest absolute Gasteiger partial charge is 0.343 e. The second-order valence-electron chi connectivity index (χ2n) is 2.44. The molecule has 0 aliphatic rings. The van der Waals surface area contributed by atoms with Crippen molar-refractivity contribution in [3.63, 3.8) is 0 Å². The Morgan fingerprint density at radius 1 is 1.54 bits per heavy atom. The third-order valence-electron chi connectivity index (χ3n) is 1.70. The van der Waals surface area contributed by atoms with E-state index in [4.69, 9.17) is 0 Å². The van der Waals surface area contributed by atoms with Crippen LogP contribution in [0.1, 0.15) is 10.4 Å². The summed E-state index contributed by atoms with van der Waals surface area (Å²) >= 11 is 0. The summed E-state index contributed by atoms with van der Waals surface area (Å²) in [5.41, 5.74) is 0.708. The molecule has 13 heavy (non-hydrogen) atoms. The molecule has 2 N–H and O–H groups in total. The van der Waals surface area contributed by atoms with Crippen molar-refractivity contribution >= 4 is 11.7 Å². The van der Waals surface area contributed by atoms with E-state index in [9.17, 15) is 9.90 Å². The van der Waals surface area contributed by atoms with Gasteiger partial charge in [-0.15, -0.1) is 0 Å². The molecule has 0 aliphatic carbocycles. The average Bonchev–Trinajstić information content (AvgIpc) is 2.16. The third kappa shape index (κ3) is 1.72. The Morgan fingerprint density at radius 2 is 2.23 bits per heavy atom. The number of rotatable bonds is 2. The molecule has 0 aliphatic heterocycles. The Hall–Kier alpha value is -1.71. The molecule has 0 amide bonds. The molecule has 0 aromatic heterocycles. The van der Waals surface area contributed by atoms with Gasteiger partial charge in [-0.3, -0.25) is 0 Å². The van der Waals surface area contributed by atoms with Crippen molar-refractivity contribution < 1.29 is 14.6 Å². The van der Waals surface area contributed by atoms with Gasteiger partial charge in [0, 0.05) is 7.05 Å². The van der Waals surface area contributed by atoms with E-state index in [1.54, 1.807) is 19.2 Å². The van der Waals surface area contributed by atoms with E-state index >= 15 is 0 Å². The van der Waals surface area contributed by atoms with Gasteiger partial charge in [-0.1, -0.05) is 6.07 Å². The molecule has 0 radical (unpaired) electrons. The Balaban J connectivity index is 3.22. The standard InChI is InChI=1S/C9H11NO3/c1-10-6-4-3-5-7(11)8(6)9(12)13-2/h3-5,10-11H,1-2H3. The van der Waals surface area contributed by atoms with Crippen LogP contribution >= 0.6 is 0 Å². The van der Waals surface area contributed by atoms with Crippen LogP contribution in [0, 0.1) is 0 Å². The molecule has 1 rings (SSSR count). The summed E-state index contributed by atoms with van der Waals surface area (Å²) in [4.78, 5) is 11.2. The molecule has 0 saturated carbocycles. The maximum absolute atomic E-state index is 11.2. The molecule has 0 atom stereocenters. The van der Waals surface area contributed by atoms with E-state index < -0.39 is 5.97 Å². The lowest BCUT2D eigenvalue weighted by Crippen LogP contribution is -2.05. The largest absolute Gasteiger partial charge is 0.507 e. The fourth-order valence-electron chi connectivity index (χ4n) is 1.07. The van der Waals surface area contributed by atoms with Gasteiger partial charge in [0.1, 0.15) is 11.3 Å². The Kier molecular flexibility index (Phi) is 2.74. The molecule has 70 valence electrons. The number of hydrogen-bond donors (Lipinski definition) is 2. The van der Waals surface area contributed by atoms with Crippen molar-refractivity contribution in [2.45, 2.75) is 0 Å². The van der Waals surface area contributed by atoms with Crippen LogP contribution in [0.3, 0.4) is 0 Å². The predicted octanol–water partition coefficient (Wildman–Crippen LogP) is 1.22. The number of anilines is 1. The second kappa shape index (κ2) is 3.80. The quantitative estimate of drug-likeness (QED) is 0.673. The molecule has 0 bridgehead atoms. The van der Waals surface area contributed by atoms with Gasteiger partial charge in [-0.25, -0.2) is 4.79 Å². The number of ether oxygens (including phenoxy) is 1. The van der Waals surface area contributed by atoms with Crippen LogP contribution in [0.25, 0.3) is 0 Å². The van der Waals surface area contributed by atoms with Gasteiger partial charge in [-0.05, 0) is 12.1 Å². The highest BCUT2D eigenvalue weighted by Crippen LogP contribution is 2.25. The summed E-state index contributed by atoms with van der Waals surface area (Å²) in [7, 11) is 2.94. The van der Waals surface area contributed by atoms with Crippen LogP contribution in [0.2, 0.25) is 0 Å². The van der Waals surface area contributed by atoms with Gasteiger partial charge in [0.15, 0.2) is 0 Å². The molecule has 0 heterocycles. The minimum absolute atomic E-state index is 0.0845. The van der Waals surface area contributed by atoms with Crippen molar-refractivity contribution in [2.24, 2.45) is 0 Å².